The van der Waals surface area contributed by atoms with E-state index in [4.69, 9.17) is 5.11 Å². The average molecular weight is 199 g/mol. The zero-order chi connectivity index (χ0) is 10.9. The van der Waals surface area contributed by atoms with E-state index in [9.17, 15) is 14.4 Å². The van der Waals surface area contributed by atoms with Crippen LogP contribution >= 0.6 is 0 Å². The Balaban J connectivity index is 3.51. The van der Waals surface area contributed by atoms with Crippen LogP contribution in [0.3, 0.4) is 0 Å². The fourth-order valence-corrected chi connectivity index (χ4v) is 0.902. The Morgan fingerprint density at radius 2 is 2.07 bits per heavy atom. The van der Waals surface area contributed by atoms with Crippen LogP contribution in [0.4, 0.5) is 0 Å². The summed E-state index contributed by atoms with van der Waals surface area (Å²) in [6.07, 6.45) is 0. The van der Waals surface area contributed by atoms with Gasteiger partial charge in [0.25, 0.3) is 5.56 Å². The number of hydrogen-bond donors (Lipinski definition) is 2. The van der Waals surface area contributed by atoms with Crippen LogP contribution in [-0.2, 0) is 0 Å². The van der Waals surface area contributed by atoms with Crippen LogP contribution in [0.2, 0.25) is 0 Å². The molecule has 0 spiro atoms. The molecule has 1 heterocycles. The van der Waals surface area contributed by atoms with Gasteiger partial charge in [0, 0.05) is 0 Å². The first-order valence-corrected chi connectivity index (χ1v) is 3.90. The van der Waals surface area contributed by atoms with Gasteiger partial charge in [-0.15, -0.1) is 0 Å². The number of nitrogens with zero attached hydrogens (tertiary/aromatic N) is 2. The Kier molecular flexibility index (Phi) is 2.50. The van der Waals surface area contributed by atoms with Gasteiger partial charge >= 0.3 is 11.7 Å². The Morgan fingerprint density at radius 3 is 2.50 bits per heavy atom. The van der Waals surface area contributed by atoms with E-state index >= 15 is 0 Å². The first kappa shape index (κ1) is 10.2. The second kappa shape index (κ2) is 3.44. The second-order valence-corrected chi connectivity index (χ2v) is 2.95. The SMILES string of the molecule is CC(C)n1nc(C(=O)O)c(=O)[nH]c1=O. The number of H-pyrrole nitrogens is 1. The molecule has 0 unspecified atom stereocenters. The van der Waals surface area contributed by atoms with Gasteiger partial charge < -0.3 is 5.11 Å². The second-order valence-electron chi connectivity index (χ2n) is 2.95. The number of nitrogens with one attached hydrogen (secondary N) is 1. The highest BCUT2D eigenvalue weighted by Gasteiger charge is 2.14. The van der Waals surface area contributed by atoms with Crippen molar-refractivity contribution in [3.05, 3.63) is 26.5 Å². The summed E-state index contributed by atoms with van der Waals surface area (Å²) in [6, 6.07) is -0.308. The summed E-state index contributed by atoms with van der Waals surface area (Å²) in [5.41, 5.74) is -2.38. The van der Waals surface area contributed by atoms with Crippen LogP contribution in [-0.4, -0.2) is 25.8 Å². The highest BCUT2D eigenvalue weighted by Crippen LogP contribution is 1.94. The third kappa shape index (κ3) is 1.70. The highest BCUT2D eigenvalue weighted by atomic mass is 16.4. The van der Waals surface area contributed by atoms with E-state index in [1.54, 1.807) is 13.8 Å². The monoisotopic (exact) mass is 199 g/mol. The maximum atomic E-state index is 11.1. The first-order valence-electron chi connectivity index (χ1n) is 3.90. The molecule has 0 atom stereocenters. The van der Waals surface area contributed by atoms with Gasteiger partial charge in [-0.3, -0.25) is 9.78 Å². The molecule has 1 rings (SSSR count). The van der Waals surface area contributed by atoms with Crippen molar-refractivity contribution < 1.29 is 9.90 Å². The van der Waals surface area contributed by atoms with Crippen LogP contribution in [0.5, 0.6) is 0 Å². The van der Waals surface area contributed by atoms with Gasteiger partial charge in [-0.05, 0) is 13.8 Å². The standard InChI is InChI=1S/C7H9N3O4/c1-3(2)10-7(14)8-5(11)4(9-10)6(12)13/h3H,1-2H3,(H,12,13)(H,8,11,14). The van der Waals surface area contributed by atoms with E-state index in [0.29, 0.717) is 0 Å². The van der Waals surface area contributed by atoms with Crippen LogP contribution in [0.1, 0.15) is 30.4 Å². The van der Waals surface area contributed by atoms with Gasteiger partial charge in [0.15, 0.2) is 0 Å². The molecule has 0 bridgehead atoms. The number of carboxylic acid groups (broad SMARTS) is 1. The van der Waals surface area contributed by atoms with Gasteiger partial charge in [0.1, 0.15) is 0 Å². The number of aromatic amines is 1. The van der Waals surface area contributed by atoms with E-state index < -0.39 is 22.9 Å². The van der Waals surface area contributed by atoms with Crippen molar-refractivity contribution in [2.45, 2.75) is 19.9 Å². The van der Waals surface area contributed by atoms with E-state index in [-0.39, 0.29) is 6.04 Å². The molecule has 0 amide bonds. The van der Waals surface area contributed by atoms with Gasteiger partial charge in [-0.1, -0.05) is 0 Å². The summed E-state index contributed by atoms with van der Waals surface area (Å²) >= 11 is 0. The number of aromatic nitrogens is 3. The largest absolute Gasteiger partial charge is 0.476 e. The van der Waals surface area contributed by atoms with Crippen LogP contribution < -0.4 is 11.2 Å². The van der Waals surface area contributed by atoms with Gasteiger partial charge in [-0.25, -0.2) is 14.3 Å². The molecule has 0 fully saturated rings. The number of aromatic carboxylic acids is 1. The number of carbonyl (C=O) groups is 1. The molecule has 7 heteroatoms. The van der Waals surface area contributed by atoms with Crippen molar-refractivity contribution in [1.82, 2.24) is 14.8 Å². The molecule has 0 aromatic carbocycles. The Bertz CT molecular complexity index is 471. The molecular formula is C7H9N3O4. The summed E-state index contributed by atoms with van der Waals surface area (Å²) in [4.78, 5) is 34.4. The van der Waals surface area contributed by atoms with Crippen LogP contribution in [0.25, 0.3) is 0 Å². The minimum atomic E-state index is -1.46. The number of rotatable bonds is 2. The normalized spacial score (nSPS) is 10.5. The molecule has 0 saturated carbocycles. The average Bonchev–Trinajstić information content (AvgIpc) is 2.02. The molecular weight excluding hydrogens is 190 g/mol. The van der Waals surface area contributed by atoms with E-state index in [1.165, 1.54) is 0 Å². The lowest BCUT2D eigenvalue weighted by atomic mass is 10.4. The fourth-order valence-electron chi connectivity index (χ4n) is 0.902. The zero-order valence-electron chi connectivity index (χ0n) is 7.64. The highest BCUT2D eigenvalue weighted by molar-refractivity contribution is 5.84. The molecule has 0 saturated heterocycles. The number of hydrogen-bond acceptors (Lipinski definition) is 4. The number of carboxylic acids is 1. The predicted molar refractivity (Wildman–Crippen MR) is 46.5 cm³/mol. The minimum Gasteiger partial charge on any atom is -0.476 e. The molecule has 76 valence electrons. The summed E-state index contributed by atoms with van der Waals surface area (Å²) in [7, 11) is 0. The third-order valence-corrected chi connectivity index (χ3v) is 1.54. The maximum absolute atomic E-state index is 11.1. The molecule has 0 aliphatic rings. The molecule has 14 heavy (non-hydrogen) atoms. The molecule has 2 N–H and O–H groups in total. The van der Waals surface area contributed by atoms with Gasteiger partial charge in [0.05, 0.1) is 6.04 Å². The lowest BCUT2D eigenvalue weighted by Crippen LogP contribution is -2.37. The van der Waals surface area contributed by atoms with Crippen LogP contribution in [0, 0.1) is 0 Å². The van der Waals surface area contributed by atoms with Crippen molar-refractivity contribution in [2.24, 2.45) is 0 Å². The Hall–Kier alpha value is -1.92. The van der Waals surface area contributed by atoms with Crippen molar-refractivity contribution in [1.29, 1.82) is 0 Å². The summed E-state index contributed by atoms with van der Waals surface area (Å²) in [5, 5.41) is 12.0. The van der Waals surface area contributed by atoms with Crippen molar-refractivity contribution in [2.75, 3.05) is 0 Å². The molecule has 0 radical (unpaired) electrons. The minimum absolute atomic E-state index is 0.308. The maximum Gasteiger partial charge on any atom is 0.362 e. The van der Waals surface area contributed by atoms with Crippen molar-refractivity contribution >= 4 is 5.97 Å². The predicted octanol–water partition coefficient (Wildman–Crippen LogP) is -0.789. The quantitative estimate of drug-likeness (QED) is 0.649. The molecule has 0 aliphatic carbocycles. The third-order valence-electron chi connectivity index (χ3n) is 1.54. The lowest BCUT2D eigenvalue weighted by molar-refractivity contribution is 0.0684. The molecule has 0 aliphatic heterocycles. The zero-order valence-corrected chi connectivity index (χ0v) is 7.64. The summed E-state index contributed by atoms with van der Waals surface area (Å²) in [5.74, 6) is -1.46. The Labute approximate surface area is 78.0 Å². The Morgan fingerprint density at radius 1 is 1.50 bits per heavy atom. The van der Waals surface area contributed by atoms with Crippen molar-refractivity contribution in [3.8, 4) is 0 Å². The summed E-state index contributed by atoms with van der Waals surface area (Å²) in [6.45, 7) is 3.30. The fraction of sp³-hybridized carbons (Fsp3) is 0.429. The van der Waals surface area contributed by atoms with Gasteiger partial charge in [-0.2, -0.15) is 5.10 Å². The topological polar surface area (TPSA) is 105 Å². The lowest BCUT2D eigenvalue weighted by Gasteiger charge is -2.06. The smallest absolute Gasteiger partial charge is 0.362 e. The molecule has 1 aromatic heterocycles. The molecule has 7 nitrogen and oxygen atoms in total. The summed E-state index contributed by atoms with van der Waals surface area (Å²) < 4.78 is 0.908. The molecule has 1 aromatic rings. The van der Waals surface area contributed by atoms with Gasteiger partial charge in [0.2, 0.25) is 5.69 Å². The first-order chi connectivity index (χ1) is 6.43. The van der Waals surface area contributed by atoms with Crippen LogP contribution in [0.15, 0.2) is 9.59 Å². The van der Waals surface area contributed by atoms with E-state index in [1.807, 2.05) is 4.98 Å². The van der Waals surface area contributed by atoms with Crippen molar-refractivity contribution in [3.63, 3.8) is 0 Å². The van der Waals surface area contributed by atoms with E-state index in [2.05, 4.69) is 5.10 Å². The van der Waals surface area contributed by atoms with E-state index in [0.717, 1.165) is 4.68 Å².